The van der Waals surface area contributed by atoms with Crippen LogP contribution in [0.4, 0.5) is 4.79 Å². The Labute approximate surface area is 75.0 Å². The van der Waals surface area contributed by atoms with Gasteiger partial charge in [-0.3, -0.25) is 0 Å². The molecule has 0 aliphatic carbocycles. The molecule has 2 amide bonds. The molecule has 0 bridgehead atoms. The number of amides is 2. The van der Waals surface area contributed by atoms with E-state index in [0.717, 1.165) is 5.57 Å². The van der Waals surface area contributed by atoms with E-state index in [4.69, 9.17) is 0 Å². The maximum Gasteiger partial charge on any atom is 0.344 e. The van der Waals surface area contributed by atoms with Gasteiger partial charge in [0.1, 0.15) is 5.84 Å². The second kappa shape index (κ2) is 2.65. The number of hydrogen-bond donors (Lipinski definition) is 1. The van der Waals surface area contributed by atoms with Gasteiger partial charge in [-0.25, -0.2) is 4.79 Å². The molecule has 2 heterocycles. The van der Waals surface area contributed by atoms with Gasteiger partial charge in [0.25, 0.3) is 0 Å². The van der Waals surface area contributed by atoms with E-state index in [0.29, 0.717) is 5.84 Å². The van der Waals surface area contributed by atoms with Gasteiger partial charge in [-0.15, -0.1) is 0 Å². The summed E-state index contributed by atoms with van der Waals surface area (Å²) >= 11 is 0. The lowest BCUT2D eigenvalue weighted by molar-refractivity contribution is 0.246. The summed E-state index contributed by atoms with van der Waals surface area (Å²) in [6.07, 6.45) is 1.27. The van der Waals surface area contributed by atoms with Crippen LogP contribution < -0.4 is 5.32 Å². The van der Waals surface area contributed by atoms with Crippen molar-refractivity contribution in [2.45, 2.75) is 6.17 Å². The Balaban J connectivity index is 2.39. The van der Waals surface area contributed by atoms with Crippen LogP contribution in [0, 0.1) is 0 Å². The number of nitrogens with zero attached hydrogens (tertiary/aromatic N) is 4. The SMILES string of the molecule is CN(C)C1=NC(=O)NC2N=NC=C12. The number of hydrogen-bond acceptors (Lipinski definition) is 4. The van der Waals surface area contributed by atoms with Crippen LogP contribution in [0.5, 0.6) is 0 Å². The number of urea groups is 1. The minimum absolute atomic E-state index is 0.345. The van der Waals surface area contributed by atoms with Crippen LogP contribution in [0.25, 0.3) is 0 Å². The largest absolute Gasteiger partial charge is 0.362 e. The number of aliphatic imine (C=N–C) groups is 1. The van der Waals surface area contributed by atoms with Crippen LogP contribution in [-0.2, 0) is 0 Å². The van der Waals surface area contributed by atoms with Gasteiger partial charge in [-0.1, -0.05) is 0 Å². The van der Waals surface area contributed by atoms with Crippen LogP contribution in [0.2, 0.25) is 0 Å². The van der Waals surface area contributed by atoms with Crippen LogP contribution in [0.1, 0.15) is 0 Å². The highest BCUT2D eigenvalue weighted by atomic mass is 16.2. The Morgan fingerprint density at radius 3 is 3.00 bits per heavy atom. The molecule has 1 N–H and O–H groups in total. The lowest BCUT2D eigenvalue weighted by Crippen LogP contribution is -2.43. The standard InChI is InChI=1S/C7H9N5O/c1-12(2)6-4-3-8-11-5(4)9-7(13)10-6/h3,5H,1-2H3,(H,9,13). The molecule has 2 aliphatic rings. The molecule has 0 spiro atoms. The zero-order valence-electron chi connectivity index (χ0n) is 7.35. The van der Waals surface area contributed by atoms with E-state index < -0.39 is 0 Å². The Kier molecular flexibility index (Phi) is 1.61. The van der Waals surface area contributed by atoms with Gasteiger partial charge >= 0.3 is 6.03 Å². The molecular weight excluding hydrogens is 170 g/mol. The smallest absolute Gasteiger partial charge is 0.344 e. The first-order valence-corrected chi connectivity index (χ1v) is 3.85. The molecule has 0 saturated carbocycles. The van der Waals surface area contributed by atoms with Crippen molar-refractivity contribution in [3.63, 3.8) is 0 Å². The normalized spacial score (nSPS) is 24.8. The lowest BCUT2D eigenvalue weighted by atomic mass is 10.2. The molecule has 0 saturated heterocycles. The second-order valence-electron chi connectivity index (χ2n) is 3.00. The number of likely N-dealkylation sites (N-methyl/N-ethyl adjacent to an activating group) is 1. The molecule has 0 aromatic heterocycles. The van der Waals surface area contributed by atoms with E-state index in [1.807, 2.05) is 14.1 Å². The monoisotopic (exact) mass is 179 g/mol. The van der Waals surface area contributed by atoms with Gasteiger partial charge in [0.2, 0.25) is 0 Å². The van der Waals surface area contributed by atoms with Crippen molar-refractivity contribution in [1.29, 1.82) is 0 Å². The minimum atomic E-state index is -0.369. The molecule has 1 unspecified atom stereocenters. The number of amidine groups is 1. The summed E-state index contributed by atoms with van der Waals surface area (Å²) in [6, 6.07) is -0.369. The first-order valence-electron chi connectivity index (χ1n) is 3.85. The number of nitrogens with one attached hydrogen (secondary N) is 1. The Morgan fingerprint density at radius 1 is 1.54 bits per heavy atom. The summed E-state index contributed by atoms with van der Waals surface area (Å²) in [5, 5.41) is 10.2. The molecule has 1 atom stereocenters. The number of carbonyl (C=O) groups excluding carboxylic acids is 1. The molecule has 13 heavy (non-hydrogen) atoms. The zero-order chi connectivity index (χ0) is 9.42. The van der Waals surface area contributed by atoms with E-state index in [1.165, 1.54) is 0 Å². The van der Waals surface area contributed by atoms with Crippen LogP contribution >= 0.6 is 0 Å². The molecule has 2 rings (SSSR count). The molecule has 68 valence electrons. The van der Waals surface area contributed by atoms with E-state index in [9.17, 15) is 4.79 Å². The summed E-state index contributed by atoms with van der Waals surface area (Å²) in [7, 11) is 3.65. The van der Waals surface area contributed by atoms with Crippen molar-refractivity contribution in [3.8, 4) is 0 Å². The van der Waals surface area contributed by atoms with Crippen LogP contribution in [-0.4, -0.2) is 37.0 Å². The van der Waals surface area contributed by atoms with E-state index in [-0.39, 0.29) is 12.2 Å². The Bertz CT molecular complexity index is 341. The van der Waals surface area contributed by atoms with Crippen LogP contribution in [0.15, 0.2) is 27.0 Å². The molecule has 0 fully saturated rings. The average Bonchev–Trinajstić information content (AvgIpc) is 2.49. The quantitative estimate of drug-likeness (QED) is 0.582. The number of fused-ring (bicyclic) bond motifs is 1. The highest BCUT2D eigenvalue weighted by molar-refractivity contribution is 6.07. The Hall–Kier alpha value is -1.72. The van der Waals surface area contributed by atoms with Gasteiger partial charge in [0.05, 0.1) is 11.8 Å². The van der Waals surface area contributed by atoms with Crippen molar-refractivity contribution in [1.82, 2.24) is 10.2 Å². The summed E-state index contributed by atoms with van der Waals surface area (Å²) in [5.41, 5.74) is 0.838. The fourth-order valence-electron chi connectivity index (χ4n) is 1.25. The number of rotatable bonds is 0. The van der Waals surface area contributed by atoms with Crippen molar-refractivity contribution in [2.75, 3.05) is 14.1 Å². The molecule has 0 radical (unpaired) electrons. The lowest BCUT2D eigenvalue weighted by Gasteiger charge is -2.23. The third-order valence-corrected chi connectivity index (χ3v) is 1.82. The minimum Gasteiger partial charge on any atom is -0.362 e. The number of carbonyl (C=O) groups is 1. The fourth-order valence-corrected chi connectivity index (χ4v) is 1.25. The van der Waals surface area contributed by atoms with Gasteiger partial charge in [0, 0.05) is 14.1 Å². The maximum absolute atomic E-state index is 11.1. The van der Waals surface area contributed by atoms with Crippen molar-refractivity contribution >= 4 is 11.9 Å². The van der Waals surface area contributed by atoms with Gasteiger partial charge in [-0.05, 0) is 0 Å². The molecule has 6 nitrogen and oxygen atoms in total. The first-order chi connectivity index (χ1) is 6.18. The van der Waals surface area contributed by atoms with Gasteiger partial charge < -0.3 is 10.2 Å². The topological polar surface area (TPSA) is 69.4 Å². The van der Waals surface area contributed by atoms with E-state index in [1.54, 1.807) is 11.1 Å². The molecule has 0 aromatic rings. The van der Waals surface area contributed by atoms with Crippen molar-refractivity contribution in [3.05, 3.63) is 11.8 Å². The summed E-state index contributed by atoms with van der Waals surface area (Å²) in [5.74, 6) is 0.624. The maximum atomic E-state index is 11.1. The van der Waals surface area contributed by atoms with E-state index in [2.05, 4.69) is 20.5 Å². The third-order valence-electron chi connectivity index (χ3n) is 1.82. The zero-order valence-corrected chi connectivity index (χ0v) is 7.35. The first kappa shape index (κ1) is 7.90. The summed E-state index contributed by atoms with van der Waals surface area (Å²) in [6.45, 7) is 0. The van der Waals surface area contributed by atoms with Crippen molar-refractivity contribution in [2.24, 2.45) is 15.2 Å². The fraction of sp³-hybridized carbons (Fsp3) is 0.429. The highest BCUT2D eigenvalue weighted by Gasteiger charge is 2.30. The second-order valence-corrected chi connectivity index (χ2v) is 3.00. The average molecular weight is 179 g/mol. The molecule has 2 aliphatic heterocycles. The number of azo groups is 1. The van der Waals surface area contributed by atoms with Crippen molar-refractivity contribution < 1.29 is 4.79 Å². The molecular formula is C7H9N5O. The summed E-state index contributed by atoms with van der Waals surface area (Å²) in [4.78, 5) is 16.7. The predicted octanol–water partition coefficient (Wildman–Crippen LogP) is 0.345. The van der Waals surface area contributed by atoms with Gasteiger partial charge in [0.15, 0.2) is 6.17 Å². The van der Waals surface area contributed by atoms with Crippen LogP contribution in [0.3, 0.4) is 0 Å². The third kappa shape index (κ3) is 1.20. The highest BCUT2D eigenvalue weighted by Crippen LogP contribution is 2.18. The Morgan fingerprint density at radius 2 is 2.31 bits per heavy atom. The summed E-state index contributed by atoms with van der Waals surface area (Å²) < 4.78 is 0. The molecule has 6 heteroatoms. The van der Waals surface area contributed by atoms with Gasteiger partial charge in [-0.2, -0.15) is 15.2 Å². The molecule has 0 aromatic carbocycles. The predicted molar refractivity (Wildman–Crippen MR) is 46.4 cm³/mol. The van der Waals surface area contributed by atoms with E-state index >= 15 is 0 Å².